The molecular formula is C29H34O2. The van der Waals surface area contributed by atoms with Crippen molar-refractivity contribution in [2.75, 3.05) is 13.7 Å². The average Bonchev–Trinajstić information content (AvgIpc) is 2.98. The Morgan fingerprint density at radius 1 is 0.839 bits per heavy atom. The van der Waals surface area contributed by atoms with Crippen LogP contribution in [0.5, 0.6) is 11.5 Å². The third kappa shape index (κ3) is 3.73. The number of rotatable bonds is 6. The second kappa shape index (κ2) is 8.07. The van der Waals surface area contributed by atoms with Crippen molar-refractivity contribution in [2.45, 2.75) is 53.4 Å². The summed E-state index contributed by atoms with van der Waals surface area (Å²) in [5, 5.41) is 0. The molecule has 0 aromatic heterocycles. The van der Waals surface area contributed by atoms with Gasteiger partial charge in [0.25, 0.3) is 0 Å². The van der Waals surface area contributed by atoms with E-state index in [2.05, 4.69) is 90.1 Å². The van der Waals surface area contributed by atoms with Crippen LogP contribution in [0.1, 0.15) is 56.4 Å². The number of aryl methyl sites for hydroxylation is 2. The van der Waals surface area contributed by atoms with Crippen LogP contribution < -0.4 is 9.47 Å². The smallest absolute Gasteiger partial charge is 0.127 e. The summed E-state index contributed by atoms with van der Waals surface area (Å²) < 4.78 is 12.0. The van der Waals surface area contributed by atoms with Gasteiger partial charge in [0, 0.05) is 11.0 Å². The molecule has 4 rings (SSSR count). The third-order valence-corrected chi connectivity index (χ3v) is 6.86. The van der Waals surface area contributed by atoms with Gasteiger partial charge in [-0.15, -0.1) is 0 Å². The molecule has 2 nitrogen and oxygen atoms in total. The molecule has 1 atom stereocenters. The maximum atomic E-state index is 6.19. The Labute approximate surface area is 187 Å². The van der Waals surface area contributed by atoms with Crippen molar-refractivity contribution in [1.29, 1.82) is 0 Å². The van der Waals surface area contributed by atoms with Gasteiger partial charge >= 0.3 is 0 Å². The van der Waals surface area contributed by atoms with E-state index in [-0.39, 0.29) is 5.41 Å². The maximum Gasteiger partial charge on any atom is 0.127 e. The van der Waals surface area contributed by atoms with Gasteiger partial charge in [-0.3, -0.25) is 0 Å². The second-order valence-electron chi connectivity index (χ2n) is 9.58. The Balaban J connectivity index is 1.80. The van der Waals surface area contributed by atoms with Crippen LogP contribution in [0.2, 0.25) is 0 Å². The topological polar surface area (TPSA) is 18.5 Å². The highest BCUT2D eigenvalue weighted by Crippen LogP contribution is 2.50. The fraction of sp³-hybridized carbons (Fsp3) is 0.379. The molecule has 0 bridgehead atoms. The summed E-state index contributed by atoms with van der Waals surface area (Å²) >= 11 is 0. The first-order valence-corrected chi connectivity index (χ1v) is 11.3. The van der Waals surface area contributed by atoms with Crippen molar-refractivity contribution in [2.24, 2.45) is 5.92 Å². The lowest BCUT2D eigenvalue weighted by Gasteiger charge is -2.23. The highest BCUT2D eigenvalue weighted by atomic mass is 16.5. The molecule has 0 saturated heterocycles. The quantitative estimate of drug-likeness (QED) is 0.411. The minimum absolute atomic E-state index is 0.0273. The standard InChI is InChI=1S/C29H34O2/c1-8-18(2)17-31-27-16-24(28(30-7)14-20(27)4)21-10-12-23-22-11-9-19(3)13-25(22)29(5,6)26(23)15-21/h9-16,18H,8,17H2,1-7H3. The number of hydrogen-bond donors (Lipinski definition) is 0. The zero-order valence-corrected chi connectivity index (χ0v) is 19.9. The van der Waals surface area contributed by atoms with Crippen LogP contribution >= 0.6 is 0 Å². The Morgan fingerprint density at radius 2 is 1.52 bits per heavy atom. The molecule has 0 spiro atoms. The van der Waals surface area contributed by atoms with E-state index in [4.69, 9.17) is 9.47 Å². The minimum Gasteiger partial charge on any atom is -0.496 e. The summed E-state index contributed by atoms with van der Waals surface area (Å²) in [6, 6.07) is 17.9. The first kappa shape index (κ1) is 21.5. The van der Waals surface area contributed by atoms with Gasteiger partial charge in [-0.25, -0.2) is 0 Å². The van der Waals surface area contributed by atoms with E-state index in [1.807, 2.05) is 0 Å². The molecule has 3 aromatic rings. The van der Waals surface area contributed by atoms with Crippen LogP contribution in [-0.2, 0) is 5.41 Å². The number of methoxy groups -OCH3 is 1. The van der Waals surface area contributed by atoms with E-state index < -0.39 is 0 Å². The van der Waals surface area contributed by atoms with Gasteiger partial charge in [0.15, 0.2) is 0 Å². The molecule has 162 valence electrons. The van der Waals surface area contributed by atoms with Gasteiger partial charge < -0.3 is 9.47 Å². The number of benzene rings is 3. The Morgan fingerprint density at radius 3 is 2.19 bits per heavy atom. The largest absolute Gasteiger partial charge is 0.496 e. The summed E-state index contributed by atoms with van der Waals surface area (Å²) in [6.07, 6.45) is 1.11. The highest BCUT2D eigenvalue weighted by molar-refractivity contribution is 5.85. The summed E-state index contributed by atoms with van der Waals surface area (Å²) in [5.74, 6) is 2.36. The number of fused-ring (bicyclic) bond motifs is 3. The molecule has 1 aliphatic carbocycles. The zero-order chi connectivity index (χ0) is 22.3. The van der Waals surface area contributed by atoms with Gasteiger partial charge in [-0.1, -0.05) is 70.0 Å². The van der Waals surface area contributed by atoms with Crippen LogP contribution in [0.15, 0.2) is 48.5 Å². The van der Waals surface area contributed by atoms with Gasteiger partial charge in [0.1, 0.15) is 11.5 Å². The first-order chi connectivity index (χ1) is 14.8. The highest BCUT2D eigenvalue weighted by Gasteiger charge is 2.35. The van der Waals surface area contributed by atoms with Crippen LogP contribution in [0.25, 0.3) is 22.3 Å². The molecule has 0 radical (unpaired) electrons. The molecule has 0 amide bonds. The molecule has 0 fully saturated rings. The first-order valence-electron chi connectivity index (χ1n) is 11.3. The van der Waals surface area contributed by atoms with Crippen molar-refractivity contribution in [1.82, 2.24) is 0 Å². The van der Waals surface area contributed by atoms with E-state index in [0.717, 1.165) is 35.7 Å². The van der Waals surface area contributed by atoms with Crippen molar-refractivity contribution in [3.05, 3.63) is 70.8 Å². The monoisotopic (exact) mass is 414 g/mol. The molecule has 3 aromatic carbocycles. The molecule has 1 aliphatic rings. The third-order valence-electron chi connectivity index (χ3n) is 6.86. The Bertz CT molecular complexity index is 1120. The van der Waals surface area contributed by atoms with E-state index in [1.54, 1.807) is 7.11 Å². The summed E-state index contributed by atoms with van der Waals surface area (Å²) in [7, 11) is 1.74. The van der Waals surface area contributed by atoms with Crippen molar-refractivity contribution >= 4 is 0 Å². The summed E-state index contributed by atoms with van der Waals surface area (Å²) in [4.78, 5) is 0. The molecular weight excluding hydrogens is 380 g/mol. The minimum atomic E-state index is -0.0273. The van der Waals surface area contributed by atoms with Crippen molar-refractivity contribution in [3.63, 3.8) is 0 Å². The predicted octanol–water partition coefficient (Wildman–Crippen LogP) is 7.71. The van der Waals surface area contributed by atoms with Crippen LogP contribution in [0.4, 0.5) is 0 Å². The van der Waals surface area contributed by atoms with Gasteiger partial charge in [-0.05, 0) is 71.3 Å². The van der Waals surface area contributed by atoms with E-state index in [0.29, 0.717) is 5.92 Å². The number of ether oxygens (including phenoxy) is 2. The van der Waals surface area contributed by atoms with Crippen molar-refractivity contribution < 1.29 is 9.47 Å². The van der Waals surface area contributed by atoms with Gasteiger partial charge in [0.2, 0.25) is 0 Å². The zero-order valence-electron chi connectivity index (χ0n) is 19.9. The van der Waals surface area contributed by atoms with Crippen LogP contribution in [0.3, 0.4) is 0 Å². The fourth-order valence-electron chi connectivity index (χ4n) is 4.58. The van der Waals surface area contributed by atoms with Crippen LogP contribution in [-0.4, -0.2) is 13.7 Å². The maximum absolute atomic E-state index is 6.19. The van der Waals surface area contributed by atoms with E-state index >= 15 is 0 Å². The molecule has 31 heavy (non-hydrogen) atoms. The number of hydrogen-bond acceptors (Lipinski definition) is 2. The molecule has 0 N–H and O–H groups in total. The van der Waals surface area contributed by atoms with E-state index in [1.165, 1.54) is 33.4 Å². The van der Waals surface area contributed by atoms with Gasteiger partial charge in [-0.2, -0.15) is 0 Å². The predicted molar refractivity (Wildman–Crippen MR) is 130 cm³/mol. The molecule has 0 aliphatic heterocycles. The lowest BCUT2D eigenvalue weighted by Crippen LogP contribution is -2.15. The van der Waals surface area contributed by atoms with Crippen molar-refractivity contribution in [3.8, 4) is 33.8 Å². The lowest BCUT2D eigenvalue weighted by molar-refractivity contribution is 0.255. The molecule has 0 heterocycles. The molecule has 0 saturated carbocycles. The van der Waals surface area contributed by atoms with Crippen LogP contribution in [0, 0.1) is 19.8 Å². The Hall–Kier alpha value is -2.74. The molecule has 2 heteroatoms. The Kier molecular flexibility index (Phi) is 5.60. The average molecular weight is 415 g/mol. The van der Waals surface area contributed by atoms with Gasteiger partial charge in [0.05, 0.1) is 13.7 Å². The molecule has 1 unspecified atom stereocenters. The SMILES string of the molecule is CCC(C)COc1cc(-c2ccc3c(c2)C(C)(C)c2cc(C)ccc2-3)c(OC)cc1C. The fourth-order valence-corrected chi connectivity index (χ4v) is 4.58. The summed E-state index contributed by atoms with van der Waals surface area (Å²) in [5.41, 5.74) is 10.1. The van der Waals surface area contributed by atoms with E-state index in [9.17, 15) is 0 Å². The lowest BCUT2D eigenvalue weighted by atomic mass is 9.81. The second-order valence-corrected chi connectivity index (χ2v) is 9.58. The normalized spacial score (nSPS) is 14.7. The summed E-state index contributed by atoms with van der Waals surface area (Å²) in [6.45, 7) is 14.1.